The Bertz CT molecular complexity index is 1980. The number of benzene rings is 2. The van der Waals surface area contributed by atoms with Crippen molar-refractivity contribution in [2.24, 2.45) is 0 Å². The van der Waals surface area contributed by atoms with E-state index < -0.39 is 81.0 Å². The fourth-order valence-electron chi connectivity index (χ4n) is 5.97. The van der Waals surface area contributed by atoms with Crippen LogP contribution in [0.5, 0.6) is 11.5 Å². The van der Waals surface area contributed by atoms with Crippen LogP contribution in [-0.4, -0.2) is 73.2 Å². The number of halogens is 4. The number of hydrogen-bond donors (Lipinski definition) is 3. The average Bonchev–Trinajstić information content (AvgIpc) is 3.85. The van der Waals surface area contributed by atoms with E-state index in [9.17, 15) is 28.4 Å². The van der Waals surface area contributed by atoms with Gasteiger partial charge in [-0.3, -0.25) is 9.69 Å². The maximum Gasteiger partial charge on any atom is 0.422 e. The average molecular weight is 808 g/mol. The van der Waals surface area contributed by atoms with Gasteiger partial charge in [-0.2, -0.15) is 13.2 Å². The summed E-state index contributed by atoms with van der Waals surface area (Å²) in [7, 11) is -1.82. The number of Topliss-reactive ketones (excluding diaryl/α,β-unsaturated/α-hetero) is 1. The van der Waals surface area contributed by atoms with E-state index in [-0.39, 0.29) is 58.8 Å². The Labute approximate surface area is 326 Å². The van der Waals surface area contributed by atoms with Crippen LogP contribution in [0, 0.1) is 5.82 Å². The van der Waals surface area contributed by atoms with E-state index in [0.717, 1.165) is 31.0 Å². The molecule has 3 aromatic rings. The molecule has 16 heteroatoms. The van der Waals surface area contributed by atoms with Gasteiger partial charge in [0.1, 0.15) is 18.0 Å². The van der Waals surface area contributed by atoms with E-state index in [1.807, 2.05) is 0 Å². The molecule has 1 saturated carbocycles. The molecule has 1 aliphatic heterocycles. The molecular formula is C40H49F4N3O8S. The Balaban J connectivity index is 1.62. The number of anilines is 1. The van der Waals surface area contributed by atoms with E-state index in [2.05, 4.69) is 9.71 Å². The zero-order chi connectivity index (χ0) is 41.6. The first-order valence-electron chi connectivity index (χ1n) is 18.3. The zero-order valence-corrected chi connectivity index (χ0v) is 33.5. The van der Waals surface area contributed by atoms with E-state index >= 15 is 13.2 Å². The molecule has 1 aliphatic carbocycles. The van der Waals surface area contributed by atoms with Gasteiger partial charge in [0.2, 0.25) is 5.60 Å². The van der Waals surface area contributed by atoms with Crippen LogP contribution in [-0.2, 0) is 26.9 Å². The summed E-state index contributed by atoms with van der Waals surface area (Å²) < 4.78 is 93.0. The molecule has 2 heterocycles. The molecule has 2 aromatic carbocycles. The summed E-state index contributed by atoms with van der Waals surface area (Å²) in [6.45, 7) is 12.8. The smallest absolute Gasteiger partial charge is 0.422 e. The maximum absolute atomic E-state index is 15.3. The fourth-order valence-corrected chi connectivity index (χ4v) is 6.86. The molecule has 306 valence electrons. The molecule has 1 amide bonds. The van der Waals surface area contributed by atoms with Gasteiger partial charge in [-0.1, -0.05) is 0 Å². The lowest BCUT2D eigenvalue weighted by atomic mass is 9.86. The van der Waals surface area contributed by atoms with Crippen LogP contribution in [0.4, 0.5) is 28.0 Å². The lowest BCUT2D eigenvalue weighted by Crippen LogP contribution is -2.50. The Kier molecular flexibility index (Phi) is 12.0. The molecule has 5 rings (SSSR count). The number of fused-ring (bicyclic) bond motifs is 1. The summed E-state index contributed by atoms with van der Waals surface area (Å²) in [5, 5.41) is 21.4. The van der Waals surface area contributed by atoms with Crippen LogP contribution in [0.1, 0.15) is 103 Å². The van der Waals surface area contributed by atoms with E-state index in [1.165, 1.54) is 42.2 Å². The first kappa shape index (κ1) is 43.0. The van der Waals surface area contributed by atoms with Crippen molar-refractivity contribution in [3.63, 3.8) is 0 Å². The number of nitrogens with one attached hydrogen (secondary N) is 1. The number of aliphatic hydroxyl groups is 2. The molecular weight excluding hydrogens is 759 g/mol. The number of amides is 1. The van der Waals surface area contributed by atoms with Crippen LogP contribution in [0.2, 0.25) is 0 Å². The standard InChI is InChI=1S/C40H49F4N3O8S/c1-23(48)21-53-30-16-11-25(19-31(30)54-27-14-15-27)29(49)17-18-39(51,40(42,43)44)32-20-28-34(33(45-32)24-9-12-26(41)13-10-24)47(35(50)55-36(2,3)4)22-38(28,8)46-56(52)37(5,6)7/h9-13,16,19-20,23,27,46,48,51H,14-15,17-18,21-22H2,1-8H3/t23-,38-,39-,56?/m1/s1. The van der Waals surface area contributed by atoms with Crippen LogP contribution >= 0.6 is 0 Å². The van der Waals surface area contributed by atoms with Crippen molar-refractivity contribution >= 4 is 28.5 Å². The number of ether oxygens (including phenoxy) is 3. The van der Waals surface area contributed by atoms with Crippen LogP contribution < -0.4 is 19.1 Å². The SMILES string of the molecule is C[C@@H](O)COc1ccc(C(=O)CC[C@@](O)(c2cc3c(c(-c4ccc(F)cc4)n2)N(C(=O)OC(C)(C)C)C[C@@]3(C)NS(=O)C(C)(C)C)C(F)(F)F)cc1OC1CC1. The number of hydrogen-bond acceptors (Lipinski definition) is 9. The predicted octanol–water partition coefficient (Wildman–Crippen LogP) is 7.62. The Morgan fingerprint density at radius 2 is 1.68 bits per heavy atom. The number of rotatable bonds is 13. The molecule has 11 nitrogen and oxygen atoms in total. The minimum Gasteiger partial charge on any atom is -0.487 e. The number of pyridine rings is 1. The monoisotopic (exact) mass is 807 g/mol. The third kappa shape index (κ3) is 9.69. The Morgan fingerprint density at radius 3 is 2.23 bits per heavy atom. The minimum atomic E-state index is -5.38. The van der Waals surface area contributed by atoms with Gasteiger partial charge in [0.05, 0.1) is 57.1 Å². The lowest BCUT2D eigenvalue weighted by molar-refractivity contribution is -0.270. The third-order valence-electron chi connectivity index (χ3n) is 9.11. The number of carbonyl (C=O) groups is 2. The highest BCUT2D eigenvalue weighted by molar-refractivity contribution is 7.84. The second kappa shape index (κ2) is 15.7. The maximum atomic E-state index is 15.3. The summed E-state index contributed by atoms with van der Waals surface area (Å²) >= 11 is 0. The molecule has 1 unspecified atom stereocenters. The number of carbonyl (C=O) groups excluding carboxylic acids is 2. The van der Waals surface area contributed by atoms with Crippen molar-refractivity contribution in [3.05, 3.63) is 71.2 Å². The van der Waals surface area contributed by atoms with Gasteiger partial charge in [-0.25, -0.2) is 23.1 Å². The quantitative estimate of drug-likeness (QED) is 0.117. The van der Waals surface area contributed by atoms with Crippen molar-refractivity contribution in [3.8, 4) is 22.8 Å². The highest BCUT2D eigenvalue weighted by Gasteiger charge is 2.57. The normalized spacial score (nSPS) is 19.5. The molecule has 0 spiro atoms. The molecule has 1 aromatic heterocycles. The number of ketones is 1. The highest BCUT2D eigenvalue weighted by Crippen LogP contribution is 2.50. The van der Waals surface area contributed by atoms with Crippen molar-refractivity contribution in [2.45, 2.75) is 121 Å². The molecule has 1 fully saturated rings. The van der Waals surface area contributed by atoms with Gasteiger partial charge in [-0.15, -0.1) is 0 Å². The summed E-state index contributed by atoms with van der Waals surface area (Å²) in [5.74, 6) is -0.931. The van der Waals surface area contributed by atoms with Gasteiger partial charge in [0.15, 0.2) is 17.3 Å². The second-order valence-electron chi connectivity index (χ2n) is 16.6. The minimum absolute atomic E-state index is 0.0113. The van der Waals surface area contributed by atoms with E-state index in [0.29, 0.717) is 0 Å². The molecule has 0 saturated heterocycles. The fraction of sp³-hybridized carbons (Fsp3) is 0.525. The molecule has 2 aliphatic rings. The van der Waals surface area contributed by atoms with E-state index in [1.54, 1.807) is 48.5 Å². The van der Waals surface area contributed by atoms with Gasteiger partial charge in [0, 0.05) is 23.1 Å². The number of aliphatic hydroxyl groups excluding tert-OH is 1. The summed E-state index contributed by atoms with van der Waals surface area (Å²) in [6.07, 6.45) is -7.55. The Hall–Kier alpha value is -4.12. The van der Waals surface area contributed by atoms with Crippen molar-refractivity contribution in [1.29, 1.82) is 0 Å². The number of aromatic nitrogens is 1. The topological polar surface area (TPSA) is 148 Å². The van der Waals surface area contributed by atoms with Crippen LogP contribution in [0.15, 0.2) is 48.5 Å². The van der Waals surface area contributed by atoms with E-state index in [4.69, 9.17) is 14.2 Å². The van der Waals surface area contributed by atoms with Gasteiger partial charge in [0.25, 0.3) is 0 Å². The second-order valence-corrected chi connectivity index (χ2v) is 18.5. The molecule has 56 heavy (non-hydrogen) atoms. The van der Waals surface area contributed by atoms with Gasteiger partial charge in [-0.05, 0) is 123 Å². The van der Waals surface area contributed by atoms with Crippen LogP contribution in [0.25, 0.3) is 11.3 Å². The first-order chi connectivity index (χ1) is 25.8. The summed E-state index contributed by atoms with van der Waals surface area (Å²) in [4.78, 5) is 32.9. The van der Waals surface area contributed by atoms with Gasteiger partial charge < -0.3 is 24.4 Å². The number of alkyl halides is 3. The third-order valence-corrected chi connectivity index (χ3v) is 10.9. The largest absolute Gasteiger partial charge is 0.487 e. The first-order valence-corrected chi connectivity index (χ1v) is 19.4. The molecule has 3 N–H and O–H groups in total. The molecule has 0 radical (unpaired) electrons. The summed E-state index contributed by atoms with van der Waals surface area (Å²) in [5.41, 5.74) is -7.13. The van der Waals surface area contributed by atoms with Crippen molar-refractivity contribution in [1.82, 2.24) is 9.71 Å². The zero-order valence-electron chi connectivity index (χ0n) is 32.7. The van der Waals surface area contributed by atoms with Crippen LogP contribution in [0.3, 0.4) is 0 Å². The number of nitrogens with zero attached hydrogens (tertiary/aromatic N) is 2. The van der Waals surface area contributed by atoms with Crippen molar-refractivity contribution < 1.29 is 55.8 Å². The van der Waals surface area contributed by atoms with Crippen molar-refractivity contribution in [2.75, 3.05) is 18.1 Å². The summed E-state index contributed by atoms with van der Waals surface area (Å²) in [6, 6.07) is 9.87. The van der Waals surface area contributed by atoms with Gasteiger partial charge >= 0.3 is 12.3 Å². The predicted molar refractivity (Wildman–Crippen MR) is 202 cm³/mol. The molecule has 4 atom stereocenters. The molecule has 0 bridgehead atoms. The Morgan fingerprint density at radius 1 is 1.04 bits per heavy atom. The lowest BCUT2D eigenvalue weighted by Gasteiger charge is -2.33. The highest BCUT2D eigenvalue weighted by atomic mass is 32.2.